The molecule has 32 heavy (non-hydrogen) atoms. The highest BCUT2D eigenvalue weighted by Gasteiger charge is 2.32. The molecule has 1 aliphatic carbocycles. The number of carbonyl (C=O) groups excluding carboxylic acids is 1. The fourth-order valence-corrected chi connectivity index (χ4v) is 5.29. The lowest BCUT2D eigenvalue weighted by molar-refractivity contribution is -0.117. The second kappa shape index (κ2) is 8.71. The van der Waals surface area contributed by atoms with Crippen LogP contribution in [0.1, 0.15) is 43.2 Å². The van der Waals surface area contributed by atoms with Crippen molar-refractivity contribution in [2.45, 2.75) is 46.6 Å². The third-order valence-corrected chi connectivity index (χ3v) is 7.11. The summed E-state index contributed by atoms with van der Waals surface area (Å²) in [6.07, 6.45) is 2.89. The Bertz CT molecular complexity index is 1170. The van der Waals surface area contributed by atoms with Gasteiger partial charge in [0.05, 0.1) is 12.7 Å². The molecule has 3 aromatic rings. The first-order chi connectivity index (χ1) is 15.3. The van der Waals surface area contributed by atoms with E-state index in [0.717, 1.165) is 36.1 Å². The van der Waals surface area contributed by atoms with Crippen molar-refractivity contribution in [3.05, 3.63) is 40.3 Å². The third kappa shape index (κ3) is 4.50. The molecule has 1 amide bonds. The summed E-state index contributed by atoms with van der Waals surface area (Å²) >= 11 is 1.52. The molecule has 0 unspecified atom stereocenters. The van der Waals surface area contributed by atoms with Crippen molar-refractivity contribution in [3.63, 3.8) is 0 Å². The molecule has 0 saturated carbocycles. The maximum Gasteiger partial charge on any atom is 0.248 e. The maximum absolute atomic E-state index is 12.7. The zero-order valence-electron chi connectivity index (χ0n) is 18.7. The molecular weight excluding hydrogens is 424 g/mol. The number of amides is 1. The van der Waals surface area contributed by atoms with Gasteiger partial charge in [-0.3, -0.25) is 4.79 Å². The number of hydrogen-bond donors (Lipinski definition) is 1. The number of nitriles is 1. The Balaban J connectivity index is 1.45. The first-order valence-electron chi connectivity index (χ1n) is 10.5. The van der Waals surface area contributed by atoms with Gasteiger partial charge >= 0.3 is 0 Å². The highest BCUT2D eigenvalue weighted by Crippen LogP contribution is 2.43. The summed E-state index contributed by atoms with van der Waals surface area (Å²) in [6.45, 7) is 6.70. The van der Waals surface area contributed by atoms with Crippen LogP contribution in [0.4, 0.5) is 5.00 Å². The first-order valence-corrected chi connectivity index (χ1v) is 11.4. The number of methoxy groups -OCH3 is 1. The van der Waals surface area contributed by atoms with E-state index < -0.39 is 0 Å². The van der Waals surface area contributed by atoms with Crippen LogP contribution in [0, 0.1) is 22.7 Å². The number of carbonyl (C=O) groups is 1. The molecular formula is C23H26N6O2S. The van der Waals surface area contributed by atoms with E-state index in [0.29, 0.717) is 22.3 Å². The van der Waals surface area contributed by atoms with Gasteiger partial charge in [0, 0.05) is 10.4 Å². The molecule has 9 heteroatoms. The normalized spacial score (nSPS) is 15.7. The minimum absolute atomic E-state index is 0.0821. The number of hydrogen-bond acceptors (Lipinski definition) is 7. The quantitative estimate of drug-likeness (QED) is 0.628. The van der Waals surface area contributed by atoms with Crippen LogP contribution >= 0.6 is 11.3 Å². The van der Waals surface area contributed by atoms with Gasteiger partial charge in [0.25, 0.3) is 0 Å². The number of nitrogens with one attached hydrogen (secondary N) is 1. The molecule has 166 valence electrons. The van der Waals surface area contributed by atoms with E-state index in [9.17, 15) is 10.1 Å². The number of anilines is 1. The van der Waals surface area contributed by atoms with Crippen LogP contribution in [0.2, 0.25) is 0 Å². The molecule has 1 aliphatic rings. The van der Waals surface area contributed by atoms with E-state index in [-0.39, 0.29) is 17.9 Å². The molecule has 0 aliphatic heterocycles. The van der Waals surface area contributed by atoms with Crippen molar-refractivity contribution in [3.8, 4) is 23.2 Å². The predicted molar refractivity (Wildman–Crippen MR) is 122 cm³/mol. The van der Waals surface area contributed by atoms with Crippen LogP contribution in [-0.4, -0.2) is 33.2 Å². The van der Waals surface area contributed by atoms with Crippen LogP contribution in [0.5, 0.6) is 5.75 Å². The van der Waals surface area contributed by atoms with Gasteiger partial charge in [-0.1, -0.05) is 20.8 Å². The zero-order valence-corrected chi connectivity index (χ0v) is 19.5. The minimum Gasteiger partial charge on any atom is -0.497 e. The van der Waals surface area contributed by atoms with Crippen LogP contribution < -0.4 is 10.1 Å². The van der Waals surface area contributed by atoms with E-state index in [4.69, 9.17) is 4.74 Å². The minimum atomic E-state index is -0.286. The van der Waals surface area contributed by atoms with Crippen molar-refractivity contribution >= 4 is 22.2 Å². The van der Waals surface area contributed by atoms with E-state index in [2.05, 4.69) is 47.6 Å². The van der Waals surface area contributed by atoms with Gasteiger partial charge in [0.1, 0.15) is 23.4 Å². The molecule has 1 N–H and O–H groups in total. The molecule has 8 nitrogen and oxygen atoms in total. The van der Waals surface area contributed by atoms with E-state index in [1.54, 1.807) is 7.11 Å². The number of benzene rings is 1. The predicted octanol–water partition coefficient (Wildman–Crippen LogP) is 4.07. The Morgan fingerprint density at radius 1 is 1.34 bits per heavy atom. The smallest absolute Gasteiger partial charge is 0.248 e. The lowest BCUT2D eigenvalue weighted by Crippen LogP contribution is -2.26. The fraction of sp³-hybridized carbons (Fsp3) is 0.435. The molecule has 4 rings (SSSR count). The largest absolute Gasteiger partial charge is 0.497 e. The summed E-state index contributed by atoms with van der Waals surface area (Å²) in [6, 6.07) is 9.59. The highest BCUT2D eigenvalue weighted by molar-refractivity contribution is 7.16. The third-order valence-electron chi connectivity index (χ3n) is 5.94. The number of aromatic nitrogens is 4. The number of fused-ring (bicyclic) bond motifs is 1. The van der Waals surface area contributed by atoms with Gasteiger partial charge in [-0.15, -0.1) is 21.5 Å². The summed E-state index contributed by atoms with van der Waals surface area (Å²) < 4.78 is 5.15. The average molecular weight is 451 g/mol. The Morgan fingerprint density at radius 2 is 2.09 bits per heavy atom. The standard InChI is InChI=1S/C23H26N6O2S/c1-23(2,3)15-7-10-17-18(12-24)22(32-19(17)11-15)25-20(30)13-29-27-21(26-28-29)14-5-8-16(31-4)9-6-14/h5-6,8-9,15H,7,10-11,13H2,1-4H3,(H,25,30)/t15-/m0/s1. The molecule has 0 bridgehead atoms. The first kappa shape index (κ1) is 22.0. The van der Waals surface area contributed by atoms with Crippen molar-refractivity contribution in [2.24, 2.45) is 11.3 Å². The Morgan fingerprint density at radius 3 is 2.75 bits per heavy atom. The van der Waals surface area contributed by atoms with E-state index in [1.165, 1.54) is 21.0 Å². The lowest BCUT2D eigenvalue weighted by Gasteiger charge is -2.33. The number of tetrazole rings is 1. The van der Waals surface area contributed by atoms with E-state index in [1.807, 2.05) is 24.3 Å². The number of thiophene rings is 1. The van der Waals surface area contributed by atoms with Gasteiger partial charge in [-0.2, -0.15) is 10.1 Å². The van der Waals surface area contributed by atoms with Gasteiger partial charge in [-0.05, 0) is 65.6 Å². The summed E-state index contributed by atoms with van der Waals surface area (Å²) in [5, 5.41) is 25.5. The molecule has 0 saturated heterocycles. The van der Waals surface area contributed by atoms with Crippen molar-refractivity contribution in [2.75, 3.05) is 12.4 Å². The zero-order chi connectivity index (χ0) is 22.9. The maximum atomic E-state index is 12.7. The number of rotatable bonds is 5. The van der Waals surface area contributed by atoms with Gasteiger partial charge in [-0.25, -0.2) is 0 Å². The molecule has 2 aromatic heterocycles. The summed E-state index contributed by atoms with van der Waals surface area (Å²) in [5.74, 6) is 1.45. The Kier molecular flexibility index (Phi) is 5.98. The Hall–Kier alpha value is -3.25. The summed E-state index contributed by atoms with van der Waals surface area (Å²) in [4.78, 5) is 15.1. The topological polar surface area (TPSA) is 106 Å². The van der Waals surface area contributed by atoms with Gasteiger partial charge in [0.2, 0.25) is 11.7 Å². The molecule has 0 radical (unpaired) electrons. The van der Waals surface area contributed by atoms with Crippen LogP contribution in [-0.2, 0) is 24.2 Å². The van der Waals surface area contributed by atoms with Crippen LogP contribution in [0.25, 0.3) is 11.4 Å². The van der Waals surface area contributed by atoms with Crippen molar-refractivity contribution in [1.82, 2.24) is 20.2 Å². The molecule has 0 fully saturated rings. The van der Waals surface area contributed by atoms with Crippen molar-refractivity contribution < 1.29 is 9.53 Å². The fourth-order valence-electron chi connectivity index (χ4n) is 3.99. The molecule has 1 aromatic carbocycles. The van der Waals surface area contributed by atoms with Crippen LogP contribution in [0.15, 0.2) is 24.3 Å². The average Bonchev–Trinajstić information content (AvgIpc) is 3.36. The monoisotopic (exact) mass is 450 g/mol. The summed E-state index contributed by atoms with van der Waals surface area (Å²) in [5.41, 5.74) is 2.69. The molecule has 1 atom stereocenters. The molecule has 0 spiro atoms. The van der Waals surface area contributed by atoms with Crippen molar-refractivity contribution in [1.29, 1.82) is 5.26 Å². The summed E-state index contributed by atoms with van der Waals surface area (Å²) in [7, 11) is 1.60. The number of ether oxygens (including phenoxy) is 1. The second-order valence-electron chi connectivity index (χ2n) is 9.05. The lowest BCUT2D eigenvalue weighted by atomic mass is 9.72. The van der Waals surface area contributed by atoms with Crippen LogP contribution in [0.3, 0.4) is 0 Å². The van der Waals surface area contributed by atoms with E-state index >= 15 is 0 Å². The SMILES string of the molecule is COc1ccc(-c2nnn(CC(=O)Nc3sc4c(c3C#N)CC[C@H](C(C)(C)C)C4)n2)cc1. The highest BCUT2D eigenvalue weighted by atomic mass is 32.1. The van der Waals surface area contributed by atoms with Gasteiger partial charge in [0.15, 0.2) is 0 Å². The number of nitrogens with zero attached hydrogens (tertiary/aromatic N) is 5. The van der Waals surface area contributed by atoms with Gasteiger partial charge < -0.3 is 10.1 Å². The Labute approximate surface area is 191 Å². The molecule has 2 heterocycles. The second-order valence-corrected chi connectivity index (χ2v) is 10.2.